The molecule has 4 atom stereocenters. The second-order valence-electron chi connectivity index (χ2n) is 6.88. The summed E-state index contributed by atoms with van der Waals surface area (Å²) in [6.07, 6.45) is 6.18. The molecule has 1 saturated heterocycles. The number of methoxy groups -OCH3 is 1. The molecular weight excluding hydrogens is 308 g/mol. The number of nitrogens with zero attached hydrogens (tertiary/aromatic N) is 2. The van der Waals surface area contributed by atoms with Crippen LogP contribution in [0.3, 0.4) is 0 Å². The number of carbonyl (C=O) groups is 2. The Morgan fingerprint density at radius 3 is 2.71 bits per heavy atom. The molecule has 0 spiro atoms. The van der Waals surface area contributed by atoms with Crippen LogP contribution in [0.4, 0.5) is 4.79 Å². The van der Waals surface area contributed by atoms with E-state index in [-0.39, 0.29) is 5.97 Å². The van der Waals surface area contributed by atoms with Crippen molar-refractivity contribution in [2.45, 2.75) is 57.9 Å². The number of ether oxygens (including phenoxy) is 2. The number of esters is 1. The van der Waals surface area contributed by atoms with Gasteiger partial charge < -0.3 is 9.47 Å². The van der Waals surface area contributed by atoms with Crippen LogP contribution in [-0.2, 0) is 14.3 Å². The summed E-state index contributed by atoms with van der Waals surface area (Å²) in [5.74, 6) is 1.18. The zero-order valence-electron chi connectivity index (χ0n) is 14.7. The van der Waals surface area contributed by atoms with E-state index >= 15 is 0 Å². The first-order valence-electron chi connectivity index (χ1n) is 8.98. The number of amides is 1. The van der Waals surface area contributed by atoms with Crippen molar-refractivity contribution in [3.05, 3.63) is 0 Å². The van der Waals surface area contributed by atoms with Gasteiger partial charge in [-0.2, -0.15) is 5.26 Å². The molecule has 134 valence electrons. The molecule has 2 aliphatic rings. The summed E-state index contributed by atoms with van der Waals surface area (Å²) >= 11 is 0. The molecule has 0 radical (unpaired) electrons. The van der Waals surface area contributed by atoms with Crippen LogP contribution in [0.1, 0.15) is 51.9 Å². The quantitative estimate of drug-likeness (QED) is 0.569. The second kappa shape index (κ2) is 8.91. The van der Waals surface area contributed by atoms with E-state index in [0.29, 0.717) is 43.7 Å². The van der Waals surface area contributed by atoms with E-state index in [9.17, 15) is 9.59 Å². The van der Waals surface area contributed by atoms with Gasteiger partial charge in [0.05, 0.1) is 19.8 Å². The lowest BCUT2D eigenvalue weighted by atomic mass is 9.68. The number of unbranched alkanes of at least 4 members (excludes halogenated alkanes) is 1. The predicted octanol–water partition coefficient (Wildman–Crippen LogP) is 3.12. The topological polar surface area (TPSA) is 79.6 Å². The lowest BCUT2D eigenvalue weighted by Crippen LogP contribution is -2.55. The molecule has 0 aromatic rings. The van der Waals surface area contributed by atoms with Crippen LogP contribution >= 0.6 is 0 Å². The molecule has 6 nitrogen and oxygen atoms in total. The van der Waals surface area contributed by atoms with Crippen molar-refractivity contribution < 1.29 is 19.1 Å². The molecule has 4 unspecified atom stereocenters. The van der Waals surface area contributed by atoms with Gasteiger partial charge in [-0.15, -0.1) is 0 Å². The number of carbonyl (C=O) groups excluding carboxylic acids is 2. The first-order valence-corrected chi connectivity index (χ1v) is 8.98. The van der Waals surface area contributed by atoms with Gasteiger partial charge in [0.25, 0.3) is 0 Å². The molecule has 6 heteroatoms. The highest BCUT2D eigenvalue weighted by atomic mass is 16.6. The highest BCUT2D eigenvalue weighted by Gasteiger charge is 2.44. The van der Waals surface area contributed by atoms with Crippen molar-refractivity contribution in [2.24, 2.45) is 17.8 Å². The molecule has 24 heavy (non-hydrogen) atoms. The summed E-state index contributed by atoms with van der Waals surface area (Å²) in [5.41, 5.74) is 0. The van der Waals surface area contributed by atoms with Crippen LogP contribution in [0.15, 0.2) is 0 Å². The Morgan fingerprint density at radius 2 is 2.04 bits per heavy atom. The van der Waals surface area contributed by atoms with E-state index in [1.54, 1.807) is 11.8 Å². The molecule has 2 fully saturated rings. The average Bonchev–Trinajstić information content (AvgIpc) is 2.60. The van der Waals surface area contributed by atoms with Crippen molar-refractivity contribution in [1.82, 2.24) is 4.90 Å². The van der Waals surface area contributed by atoms with Gasteiger partial charge in [-0.3, -0.25) is 4.90 Å². The maximum absolute atomic E-state index is 12.3. The summed E-state index contributed by atoms with van der Waals surface area (Å²) in [5, 5.41) is 8.68. The Hall–Kier alpha value is -1.77. The fraction of sp³-hybridized carbons (Fsp3) is 0.833. The number of hydrogen-bond acceptors (Lipinski definition) is 5. The van der Waals surface area contributed by atoms with Gasteiger partial charge in [0.1, 0.15) is 6.04 Å². The minimum atomic E-state index is -0.531. The van der Waals surface area contributed by atoms with Crippen LogP contribution in [0, 0.1) is 29.1 Å². The summed E-state index contributed by atoms with van der Waals surface area (Å²) in [7, 11) is 1.35. The highest BCUT2D eigenvalue weighted by Crippen LogP contribution is 2.42. The van der Waals surface area contributed by atoms with E-state index < -0.39 is 12.1 Å². The number of likely N-dealkylation sites (tertiary alicyclic amines) is 1. The summed E-state index contributed by atoms with van der Waals surface area (Å²) in [4.78, 5) is 25.9. The fourth-order valence-corrected chi connectivity index (χ4v) is 4.26. The zero-order valence-corrected chi connectivity index (χ0v) is 14.7. The van der Waals surface area contributed by atoms with Crippen molar-refractivity contribution in [1.29, 1.82) is 5.26 Å². The number of nitriles is 1. The van der Waals surface area contributed by atoms with Crippen LogP contribution in [0.25, 0.3) is 0 Å². The normalized spacial score (nSPS) is 29.3. The average molecular weight is 336 g/mol. The van der Waals surface area contributed by atoms with Crippen molar-refractivity contribution >= 4 is 12.1 Å². The molecule has 0 aromatic carbocycles. The Bertz CT molecular complexity index is 488. The Morgan fingerprint density at radius 1 is 1.25 bits per heavy atom. The fourth-order valence-electron chi connectivity index (χ4n) is 4.26. The zero-order chi connectivity index (χ0) is 17.5. The highest BCUT2D eigenvalue weighted by molar-refractivity contribution is 5.81. The van der Waals surface area contributed by atoms with Crippen LogP contribution in [0.5, 0.6) is 0 Å². The van der Waals surface area contributed by atoms with E-state index in [2.05, 4.69) is 6.07 Å². The van der Waals surface area contributed by atoms with Crippen LogP contribution in [-0.4, -0.2) is 43.3 Å². The molecule has 1 aliphatic heterocycles. The Kier molecular flexibility index (Phi) is 6.89. The Balaban J connectivity index is 2.02. The largest absolute Gasteiger partial charge is 0.464 e. The third kappa shape index (κ3) is 4.40. The van der Waals surface area contributed by atoms with Crippen LogP contribution in [0.2, 0.25) is 0 Å². The van der Waals surface area contributed by atoms with Crippen LogP contribution < -0.4 is 0 Å². The van der Waals surface area contributed by atoms with E-state index in [1.807, 2.05) is 0 Å². The SMILES string of the molecule is CCOC(=O)C1CC2CC(CCCC#N)CCC2CN1C(=O)OC. The standard InChI is InChI=1S/C18H28N2O4/c1-3-24-17(21)16-11-15-10-13(6-4-5-9-19)7-8-14(15)12-20(16)18(22)23-2/h13-16H,3-8,10-12H2,1-2H3. The second-order valence-corrected chi connectivity index (χ2v) is 6.88. The van der Waals surface area contributed by atoms with Crippen molar-refractivity contribution in [2.75, 3.05) is 20.3 Å². The van der Waals surface area contributed by atoms with Gasteiger partial charge in [-0.05, 0) is 56.8 Å². The monoisotopic (exact) mass is 336 g/mol. The maximum atomic E-state index is 12.3. The molecule has 1 heterocycles. The third-order valence-electron chi connectivity index (χ3n) is 5.45. The summed E-state index contributed by atoms with van der Waals surface area (Å²) in [6.45, 7) is 2.67. The lowest BCUT2D eigenvalue weighted by molar-refractivity contribution is -0.152. The van der Waals surface area contributed by atoms with Crippen molar-refractivity contribution in [3.63, 3.8) is 0 Å². The van der Waals surface area contributed by atoms with Gasteiger partial charge >= 0.3 is 12.1 Å². The minimum absolute atomic E-state index is 0.315. The first-order chi connectivity index (χ1) is 11.6. The summed E-state index contributed by atoms with van der Waals surface area (Å²) < 4.78 is 10.0. The van der Waals surface area contributed by atoms with Crippen molar-refractivity contribution in [3.8, 4) is 6.07 Å². The number of hydrogen-bond donors (Lipinski definition) is 0. The lowest BCUT2D eigenvalue weighted by Gasteiger charge is -2.46. The number of piperidine rings is 1. The minimum Gasteiger partial charge on any atom is -0.464 e. The third-order valence-corrected chi connectivity index (χ3v) is 5.45. The predicted molar refractivity (Wildman–Crippen MR) is 87.9 cm³/mol. The smallest absolute Gasteiger partial charge is 0.410 e. The molecule has 0 aromatic heterocycles. The Labute approximate surface area is 144 Å². The first kappa shape index (κ1) is 18.6. The van der Waals surface area contributed by atoms with E-state index in [1.165, 1.54) is 7.11 Å². The molecule has 1 saturated carbocycles. The van der Waals surface area contributed by atoms with E-state index in [0.717, 1.165) is 32.1 Å². The molecule has 1 aliphatic carbocycles. The number of rotatable bonds is 5. The van der Waals surface area contributed by atoms with Gasteiger partial charge in [0.15, 0.2) is 0 Å². The van der Waals surface area contributed by atoms with Gasteiger partial charge in [-0.1, -0.05) is 6.42 Å². The summed E-state index contributed by atoms with van der Waals surface area (Å²) in [6, 6.07) is 1.67. The molecule has 2 rings (SSSR count). The molecule has 0 bridgehead atoms. The maximum Gasteiger partial charge on any atom is 0.410 e. The van der Waals surface area contributed by atoms with E-state index in [4.69, 9.17) is 14.7 Å². The molecule has 1 amide bonds. The number of fused-ring (bicyclic) bond motifs is 1. The molecular formula is C18H28N2O4. The van der Waals surface area contributed by atoms with Gasteiger partial charge in [0, 0.05) is 13.0 Å². The molecule has 0 N–H and O–H groups in total. The van der Waals surface area contributed by atoms with Gasteiger partial charge in [-0.25, -0.2) is 9.59 Å². The van der Waals surface area contributed by atoms with Gasteiger partial charge in [0.2, 0.25) is 0 Å².